The zero-order valence-electron chi connectivity index (χ0n) is 10.7. The van der Waals surface area contributed by atoms with Crippen molar-refractivity contribution in [3.8, 4) is 0 Å². The van der Waals surface area contributed by atoms with E-state index in [0.717, 1.165) is 11.4 Å². The molecule has 0 bridgehead atoms. The van der Waals surface area contributed by atoms with Crippen LogP contribution in [0.3, 0.4) is 0 Å². The first-order valence-electron chi connectivity index (χ1n) is 6.00. The maximum Gasteiger partial charge on any atom is 0.282 e. The lowest BCUT2D eigenvalue weighted by molar-refractivity contribution is -0.385. The number of benzene rings is 2. The average molecular weight is 386 g/mol. The van der Waals surface area contributed by atoms with Crippen LogP contribution in [0, 0.1) is 19.5 Å². The fourth-order valence-electron chi connectivity index (χ4n) is 1.95. The number of nitro benzene ring substituents is 1. The second kappa shape index (κ2) is 6.17. The van der Waals surface area contributed by atoms with Crippen LogP contribution in [0.5, 0.6) is 0 Å². The minimum Gasteiger partial charge on any atom is -0.342 e. The maximum absolute atomic E-state index is 13.0. The predicted octanol–water partition coefficient (Wildman–Crippen LogP) is 4.50. The van der Waals surface area contributed by atoms with Crippen LogP contribution < -0.4 is 4.90 Å². The lowest BCUT2D eigenvalue weighted by atomic mass is 10.2. The van der Waals surface area contributed by atoms with Crippen LogP contribution in [-0.4, -0.2) is 11.5 Å². The van der Waals surface area contributed by atoms with E-state index in [1.165, 1.54) is 18.2 Å². The number of halogens is 2. The molecule has 4 nitrogen and oxygen atoms in total. The lowest BCUT2D eigenvalue weighted by Crippen LogP contribution is -2.16. The van der Waals surface area contributed by atoms with Crippen LogP contribution in [0.25, 0.3) is 0 Å². The van der Waals surface area contributed by atoms with Crippen LogP contribution in [0.15, 0.2) is 42.5 Å². The van der Waals surface area contributed by atoms with Crippen LogP contribution in [0.1, 0.15) is 6.92 Å². The van der Waals surface area contributed by atoms with E-state index in [1.54, 1.807) is 24.3 Å². The molecular weight excluding hydrogens is 374 g/mol. The summed E-state index contributed by atoms with van der Waals surface area (Å²) in [4.78, 5) is 12.4. The number of rotatable bonds is 4. The van der Waals surface area contributed by atoms with Crippen molar-refractivity contribution < 1.29 is 9.31 Å². The van der Waals surface area contributed by atoms with Crippen molar-refractivity contribution in [3.05, 3.63) is 62.0 Å². The molecule has 0 aliphatic rings. The summed E-state index contributed by atoms with van der Waals surface area (Å²) in [6.45, 7) is 2.65. The van der Waals surface area contributed by atoms with Gasteiger partial charge in [-0.15, -0.1) is 0 Å². The van der Waals surface area contributed by atoms with E-state index in [4.69, 9.17) is 0 Å². The monoisotopic (exact) mass is 386 g/mol. The van der Waals surface area contributed by atoms with Gasteiger partial charge in [-0.2, -0.15) is 0 Å². The molecule has 104 valence electrons. The maximum atomic E-state index is 13.0. The highest BCUT2D eigenvalue weighted by molar-refractivity contribution is 14.1. The Morgan fingerprint density at radius 1 is 1.20 bits per heavy atom. The molecule has 2 aromatic carbocycles. The van der Waals surface area contributed by atoms with E-state index in [-0.39, 0.29) is 11.5 Å². The number of hydrogen-bond donors (Lipinski definition) is 0. The zero-order valence-corrected chi connectivity index (χ0v) is 12.9. The van der Waals surface area contributed by atoms with E-state index in [9.17, 15) is 14.5 Å². The minimum absolute atomic E-state index is 0.0875. The molecule has 2 rings (SSSR count). The van der Waals surface area contributed by atoms with Gasteiger partial charge in [0.2, 0.25) is 0 Å². The van der Waals surface area contributed by atoms with Gasteiger partial charge in [0.05, 0.1) is 8.49 Å². The van der Waals surface area contributed by atoms with Gasteiger partial charge in [0, 0.05) is 24.0 Å². The number of anilines is 2. The summed E-state index contributed by atoms with van der Waals surface area (Å²) in [7, 11) is 0. The molecule has 0 saturated heterocycles. The van der Waals surface area contributed by atoms with Gasteiger partial charge in [0.15, 0.2) is 0 Å². The Balaban J connectivity index is 2.39. The lowest BCUT2D eigenvalue weighted by Gasteiger charge is -2.23. The van der Waals surface area contributed by atoms with Gasteiger partial charge in [-0.25, -0.2) is 4.39 Å². The zero-order chi connectivity index (χ0) is 14.7. The second-order valence-corrected chi connectivity index (χ2v) is 5.28. The van der Waals surface area contributed by atoms with Crippen molar-refractivity contribution in [2.75, 3.05) is 11.4 Å². The Morgan fingerprint density at radius 3 is 2.30 bits per heavy atom. The molecule has 2 aromatic rings. The molecule has 0 aromatic heterocycles. The molecule has 0 N–H and O–H groups in total. The third-order valence-corrected chi connectivity index (χ3v) is 3.76. The Bertz CT molecular complexity index is 632. The highest BCUT2D eigenvalue weighted by Crippen LogP contribution is 2.30. The summed E-state index contributed by atoms with van der Waals surface area (Å²) in [5.41, 5.74) is 1.78. The van der Waals surface area contributed by atoms with E-state index < -0.39 is 4.92 Å². The van der Waals surface area contributed by atoms with Gasteiger partial charge in [-0.05, 0) is 65.9 Å². The molecule has 20 heavy (non-hydrogen) atoms. The van der Waals surface area contributed by atoms with Crippen LogP contribution in [0.4, 0.5) is 21.5 Å². The normalized spacial score (nSPS) is 10.3. The van der Waals surface area contributed by atoms with E-state index >= 15 is 0 Å². The molecule has 6 heteroatoms. The molecule has 0 saturated carbocycles. The quantitative estimate of drug-likeness (QED) is 0.442. The van der Waals surface area contributed by atoms with Gasteiger partial charge in [-0.3, -0.25) is 10.1 Å². The molecule has 0 aliphatic carbocycles. The van der Waals surface area contributed by atoms with E-state index in [2.05, 4.69) is 0 Å². The molecule has 0 aliphatic heterocycles. The topological polar surface area (TPSA) is 46.4 Å². The van der Waals surface area contributed by atoms with Gasteiger partial charge in [0.25, 0.3) is 5.69 Å². The van der Waals surface area contributed by atoms with Crippen molar-refractivity contribution in [3.63, 3.8) is 0 Å². The van der Waals surface area contributed by atoms with Crippen LogP contribution in [0.2, 0.25) is 0 Å². The van der Waals surface area contributed by atoms with Gasteiger partial charge in [0.1, 0.15) is 5.82 Å². The highest BCUT2D eigenvalue weighted by Gasteiger charge is 2.15. The smallest absolute Gasteiger partial charge is 0.282 e. The summed E-state index contributed by atoms with van der Waals surface area (Å²) < 4.78 is 13.5. The van der Waals surface area contributed by atoms with Crippen molar-refractivity contribution in [1.29, 1.82) is 0 Å². The fraction of sp³-hybridized carbons (Fsp3) is 0.143. The van der Waals surface area contributed by atoms with Crippen LogP contribution >= 0.6 is 22.6 Å². The average Bonchev–Trinajstić information content (AvgIpc) is 2.41. The molecule has 0 amide bonds. The van der Waals surface area contributed by atoms with E-state index in [0.29, 0.717) is 10.1 Å². The van der Waals surface area contributed by atoms with Gasteiger partial charge >= 0.3 is 0 Å². The van der Waals surface area contributed by atoms with Crippen molar-refractivity contribution in [1.82, 2.24) is 0 Å². The predicted molar refractivity (Wildman–Crippen MR) is 84.9 cm³/mol. The Morgan fingerprint density at radius 2 is 1.80 bits per heavy atom. The molecule has 0 fully saturated rings. The molecular formula is C14H12FIN2O2. The second-order valence-electron chi connectivity index (χ2n) is 4.11. The number of nitrogens with zero attached hydrogens (tertiary/aromatic N) is 2. The fourth-order valence-corrected chi connectivity index (χ4v) is 2.64. The number of nitro groups is 1. The van der Waals surface area contributed by atoms with Crippen molar-refractivity contribution in [2.45, 2.75) is 6.92 Å². The van der Waals surface area contributed by atoms with Gasteiger partial charge < -0.3 is 4.90 Å². The Kier molecular flexibility index (Phi) is 4.53. The largest absolute Gasteiger partial charge is 0.342 e. The molecule has 0 heterocycles. The minimum atomic E-state index is -0.403. The molecule has 0 spiro atoms. The summed E-state index contributed by atoms with van der Waals surface area (Å²) in [6, 6.07) is 11.1. The van der Waals surface area contributed by atoms with Crippen LogP contribution in [-0.2, 0) is 0 Å². The molecule has 0 unspecified atom stereocenters. The first kappa shape index (κ1) is 14.7. The SMILES string of the molecule is CCN(c1ccc(F)cc1)c1ccc([N+](=O)[O-])c(I)c1. The van der Waals surface area contributed by atoms with Gasteiger partial charge in [-0.1, -0.05) is 0 Å². The third kappa shape index (κ3) is 3.06. The van der Waals surface area contributed by atoms with Crippen molar-refractivity contribution >= 4 is 39.7 Å². The summed E-state index contributed by atoms with van der Waals surface area (Å²) in [6.07, 6.45) is 0. The van der Waals surface area contributed by atoms with Crippen molar-refractivity contribution in [2.24, 2.45) is 0 Å². The number of hydrogen-bond acceptors (Lipinski definition) is 3. The molecule has 0 radical (unpaired) electrons. The highest BCUT2D eigenvalue weighted by atomic mass is 127. The molecule has 0 atom stereocenters. The third-order valence-electron chi connectivity index (χ3n) is 2.89. The summed E-state index contributed by atoms with van der Waals surface area (Å²) >= 11 is 1.95. The Hall–Kier alpha value is -1.70. The van der Waals surface area contributed by atoms with E-state index in [1.807, 2.05) is 34.4 Å². The first-order chi connectivity index (χ1) is 9.52. The standard InChI is InChI=1S/C14H12FIN2O2/c1-2-17(11-5-3-10(15)4-6-11)12-7-8-14(18(19)20)13(16)9-12/h3-9H,2H2,1H3. The summed E-state index contributed by atoms with van der Waals surface area (Å²) in [5, 5.41) is 10.8. The summed E-state index contributed by atoms with van der Waals surface area (Å²) in [5.74, 6) is -0.289. The Labute approximate surface area is 129 Å². The first-order valence-corrected chi connectivity index (χ1v) is 7.08.